The molecule has 1 fully saturated rings. The van der Waals surface area contributed by atoms with Gasteiger partial charge in [-0.25, -0.2) is 0 Å². The Balaban J connectivity index is 1.36. The minimum atomic E-state index is -4.86. The monoisotopic (exact) mass is 563 g/mol. The van der Waals surface area contributed by atoms with Crippen LogP contribution in [0.15, 0.2) is 66.9 Å². The highest BCUT2D eigenvalue weighted by atomic mass is 35.5. The van der Waals surface area contributed by atoms with Crippen molar-refractivity contribution in [2.75, 3.05) is 6.54 Å². The molecular formula is C27H25ClF3N3O5. The number of aliphatic hydroxyl groups excluding tert-OH is 2. The van der Waals surface area contributed by atoms with Crippen LogP contribution < -0.4 is 10.1 Å². The van der Waals surface area contributed by atoms with E-state index in [0.29, 0.717) is 30.0 Å². The van der Waals surface area contributed by atoms with Crippen molar-refractivity contribution in [1.82, 2.24) is 15.2 Å². The van der Waals surface area contributed by atoms with Crippen LogP contribution >= 0.6 is 11.6 Å². The van der Waals surface area contributed by atoms with Gasteiger partial charge in [0.15, 0.2) is 12.2 Å². The van der Waals surface area contributed by atoms with E-state index in [1.807, 2.05) is 6.07 Å². The Bertz CT molecular complexity index is 1320. The van der Waals surface area contributed by atoms with E-state index in [2.05, 4.69) is 15.0 Å². The van der Waals surface area contributed by atoms with Crippen LogP contribution in [-0.4, -0.2) is 57.0 Å². The molecule has 1 saturated heterocycles. The minimum Gasteiger partial charge on any atom is -0.405 e. The highest BCUT2D eigenvalue weighted by Crippen LogP contribution is 2.34. The third-order valence-corrected chi connectivity index (χ3v) is 6.51. The molecule has 0 aliphatic carbocycles. The van der Waals surface area contributed by atoms with Crippen molar-refractivity contribution in [3.8, 4) is 17.0 Å². The molecule has 2 amide bonds. The molecule has 0 spiro atoms. The van der Waals surface area contributed by atoms with Gasteiger partial charge in [-0.05, 0) is 54.3 Å². The van der Waals surface area contributed by atoms with Crippen LogP contribution in [-0.2, 0) is 16.1 Å². The summed E-state index contributed by atoms with van der Waals surface area (Å²) in [5.41, 5.74) is 1.60. The van der Waals surface area contributed by atoms with Crippen LogP contribution in [0.3, 0.4) is 0 Å². The summed E-state index contributed by atoms with van der Waals surface area (Å²) in [4.78, 5) is 31.0. The van der Waals surface area contributed by atoms with Gasteiger partial charge in [-0.3, -0.25) is 14.6 Å². The number of pyridine rings is 1. The molecular weight excluding hydrogens is 539 g/mol. The highest BCUT2D eigenvalue weighted by Gasteiger charge is 2.38. The average Bonchev–Trinajstić information content (AvgIpc) is 3.40. The molecule has 39 heavy (non-hydrogen) atoms. The summed E-state index contributed by atoms with van der Waals surface area (Å²) in [7, 11) is 0. The van der Waals surface area contributed by atoms with Crippen molar-refractivity contribution in [1.29, 1.82) is 0 Å². The van der Waals surface area contributed by atoms with Gasteiger partial charge in [0.05, 0.1) is 11.7 Å². The lowest BCUT2D eigenvalue weighted by Crippen LogP contribution is -2.50. The minimum absolute atomic E-state index is 0.111. The van der Waals surface area contributed by atoms with Gasteiger partial charge in [0.2, 0.25) is 0 Å². The molecule has 12 heteroatoms. The van der Waals surface area contributed by atoms with E-state index in [9.17, 15) is 33.0 Å². The Morgan fingerprint density at radius 3 is 2.56 bits per heavy atom. The van der Waals surface area contributed by atoms with Gasteiger partial charge < -0.3 is 25.2 Å². The second kappa shape index (κ2) is 12.0. The standard InChI is InChI=1S/C27H25ClF3N3O5/c28-18-6-3-5-17(13-18)21-8-4-12-34(21)26(38)24(36)23(35)25(37)33-15-16-10-11-20(32-14-16)19-7-1-2-9-22(19)39-27(29,30)31/h1-3,5-7,9-11,13-14,21,23-24,35-36H,4,8,12,15H2,(H,33,37)/t21?,23-,24-/m1/s1. The number of amides is 2. The Morgan fingerprint density at radius 1 is 1.10 bits per heavy atom. The predicted octanol–water partition coefficient (Wildman–Crippen LogP) is 4.00. The number of carbonyl (C=O) groups excluding carboxylic acids is 2. The number of nitrogens with zero attached hydrogens (tertiary/aromatic N) is 2. The number of nitrogens with one attached hydrogen (secondary N) is 1. The molecule has 3 aromatic rings. The average molecular weight is 564 g/mol. The molecule has 206 valence electrons. The number of ether oxygens (including phenoxy) is 1. The molecule has 4 rings (SSSR count). The second-order valence-corrected chi connectivity index (χ2v) is 9.38. The fourth-order valence-electron chi connectivity index (χ4n) is 4.41. The number of alkyl halides is 3. The van der Waals surface area contributed by atoms with E-state index >= 15 is 0 Å². The fraction of sp³-hybridized carbons (Fsp3) is 0.296. The molecule has 1 aliphatic rings. The number of rotatable bonds is 8. The topological polar surface area (TPSA) is 112 Å². The van der Waals surface area contributed by atoms with E-state index in [1.165, 1.54) is 41.4 Å². The number of hydrogen-bond donors (Lipinski definition) is 3. The molecule has 2 heterocycles. The number of halogens is 4. The van der Waals surface area contributed by atoms with Crippen LogP contribution in [0.4, 0.5) is 13.2 Å². The van der Waals surface area contributed by atoms with Crippen LogP contribution in [0.2, 0.25) is 5.02 Å². The molecule has 0 bridgehead atoms. The molecule has 0 radical (unpaired) electrons. The quantitative estimate of drug-likeness (QED) is 0.382. The van der Waals surface area contributed by atoms with E-state index < -0.39 is 36.1 Å². The van der Waals surface area contributed by atoms with Gasteiger partial charge >= 0.3 is 6.36 Å². The lowest BCUT2D eigenvalue weighted by atomic mass is 10.0. The van der Waals surface area contributed by atoms with Gasteiger partial charge in [0.25, 0.3) is 11.8 Å². The molecule has 3 N–H and O–H groups in total. The zero-order valence-electron chi connectivity index (χ0n) is 20.4. The lowest BCUT2D eigenvalue weighted by molar-refractivity contribution is -0.274. The van der Waals surface area contributed by atoms with Crippen LogP contribution in [0, 0.1) is 0 Å². The van der Waals surface area contributed by atoms with Gasteiger partial charge in [-0.2, -0.15) is 0 Å². The summed E-state index contributed by atoms with van der Waals surface area (Å²) in [6, 6.07) is 15.2. The number of para-hydroxylation sites is 1. The summed E-state index contributed by atoms with van der Waals surface area (Å²) in [6.45, 7) is 0.246. The Morgan fingerprint density at radius 2 is 1.87 bits per heavy atom. The number of likely N-dealkylation sites (tertiary alicyclic amines) is 1. The van der Waals surface area contributed by atoms with Crippen LogP contribution in [0.25, 0.3) is 11.3 Å². The Kier molecular flexibility index (Phi) is 8.73. The number of benzene rings is 2. The van der Waals surface area contributed by atoms with Crippen molar-refractivity contribution >= 4 is 23.4 Å². The summed E-state index contributed by atoms with van der Waals surface area (Å²) in [5.74, 6) is -2.15. The van der Waals surface area contributed by atoms with Crippen molar-refractivity contribution in [2.24, 2.45) is 0 Å². The van der Waals surface area contributed by atoms with Crippen molar-refractivity contribution < 1.29 is 37.7 Å². The van der Waals surface area contributed by atoms with Crippen LogP contribution in [0.1, 0.15) is 30.0 Å². The first-order chi connectivity index (χ1) is 18.5. The maximum Gasteiger partial charge on any atom is 0.573 e. The molecule has 1 aliphatic heterocycles. The van der Waals surface area contributed by atoms with E-state index in [-0.39, 0.29) is 23.8 Å². The maximum atomic E-state index is 12.9. The van der Waals surface area contributed by atoms with Crippen molar-refractivity contribution in [2.45, 2.75) is 44.0 Å². The first-order valence-electron chi connectivity index (χ1n) is 12.0. The third-order valence-electron chi connectivity index (χ3n) is 6.27. The zero-order valence-corrected chi connectivity index (χ0v) is 21.2. The molecule has 8 nitrogen and oxygen atoms in total. The molecule has 2 aromatic carbocycles. The smallest absolute Gasteiger partial charge is 0.405 e. The maximum absolute atomic E-state index is 12.9. The third kappa shape index (κ3) is 7.05. The molecule has 3 atom stereocenters. The van der Waals surface area contributed by atoms with Gasteiger partial charge in [-0.1, -0.05) is 41.9 Å². The van der Waals surface area contributed by atoms with E-state index in [0.717, 1.165) is 5.56 Å². The predicted molar refractivity (Wildman–Crippen MR) is 135 cm³/mol. The van der Waals surface area contributed by atoms with E-state index in [4.69, 9.17) is 11.6 Å². The number of aliphatic hydroxyl groups is 2. The number of hydrogen-bond acceptors (Lipinski definition) is 6. The number of aromatic nitrogens is 1. The van der Waals surface area contributed by atoms with Gasteiger partial charge in [0, 0.05) is 29.9 Å². The fourth-order valence-corrected chi connectivity index (χ4v) is 4.61. The summed E-state index contributed by atoms with van der Waals surface area (Å²) < 4.78 is 42.1. The zero-order chi connectivity index (χ0) is 28.2. The Labute approximate surface area is 227 Å². The summed E-state index contributed by atoms with van der Waals surface area (Å²) in [5, 5.41) is 23.8. The Hall–Kier alpha value is -3.67. The normalized spacial score (nSPS) is 17.0. The SMILES string of the molecule is O=C(NCc1ccc(-c2ccccc2OC(F)(F)F)nc1)[C@H](O)[C@@H](O)C(=O)N1CCCC1c1cccc(Cl)c1. The molecule has 1 aromatic heterocycles. The largest absolute Gasteiger partial charge is 0.573 e. The molecule has 1 unspecified atom stereocenters. The van der Waals surface area contributed by atoms with Gasteiger partial charge in [-0.15, -0.1) is 13.2 Å². The number of carbonyl (C=O) groups is 2. The first kappa shape index (κ1) is 28.3. The van der Waals surface area contributed by atoms with Crippen molar-refractivity contribution in [3.05, 3.63) is 83.0 Å². The van der Waals surface area contributed by atoms with Gasteiger partial charge in [0.1, 0.15) is 5.75 Å². The summed E-state index contributed by atoms with van der Waals surface area (Å²) >= 11 is 6.06. The molecule has 0 saturated carbocycles. The van der Waals surface area contributed by atoms with Crippen LogP contribution in [0.5, 0.6) is 5.75 Å². The second-order valence-electron chi connectivity index (χ2n) is 8.95. The summed E-state index contributed by atoms with van der Waals surface area (Å²) in [6.07, 6.45) is -6.18. The van der Waals surface area contributed by atoms with E-state index in [1.54, 1.807) is 24.3 Å². The van der Waals surface area contributed by atoms with Crippen molar-refractivity contribution in [3.63, 3.8) is 0 Å². The first-order valence-corrected chi connectivity index (χ1v) is 12.4. The highest BCUT2D eigenvalue weighted by molar-refractivity contribution is 6.30. The lowest BCUT2D eigenvalue weighted by Gasteiger charge is -2.28.